The van der Waals surface area contributed by atoms with Crippen LogP contribution < -0.4 is 0 Å². The molecular weight excluding hydrogens is 417 g/mol. The predicted molar refractivity (Wildman–Crippen MR) is 108 cm³/mol. The minimum Gasteiger partial charge on any atom is -0.379 e. The van der Waals surface area contributed by atoms with Gasteiger partial charge in [-0.3, -0.25) is 4.79 Å². The number of amides is 1. The number of nitrogens with one attached hydrogen (secondary N) is 1. The van der Waals surface area contributed by atoms with E-state index in [9.17, 15) is 23.1 Å². The minimum absolute atomic E-state index is 0.0958. The molecule has 0 saturated heterocycles. The lowest BCUT2D eigenvalue weighted by Gasteiger charge is -2.37. The zero-order chi connectivity index (χ0) is 21.6. The Morgan fingerprint density at radius 2 is 2.07 bits per heavy atom. The zero-order valence-electron chi connectivity index (χ0n) is 16.1. The Morgan fingerprint density at radius 1 is 1.30 bits per heavy atom. The van der Waals surface area contributed by atoms with Crippen molar-refractivity contribution in [3.05, 3.63) is 69.9 Å². The average molecular weight is 437 g/mol. The smallest absolute Gasteiger partial charge is 0.379 e. The first-order chi connectivity index (χ1) is 14.2. The van der Waals surface area contributed by atoms with Crippen molar-refractivity contribution in [3.63, 3.8) is 0 Å². The number of halogens is 4. The number of carbonyl (C=O) groups excluding carboxylic acids is 1. The van der Waals surface area contributed by atoms with E-state index in [1.807, 2.05) is 12.1 Å². The van der Waals surface area contributed by atoms with E-state index in [4.69, 9.17) is 11.6 Å². The summed E-state index contributed by atoms with van der Waals surface area (Å²) in [5.74, 6) is -0.148. The van der Waals surface area contributed by atoms with Gasteiger partial charge in [0.25, 0.3) is 0 Å². The van der Waals surface area contributed by atoms with Crippen LogP contribution in [0.2, 0.25) is 5.02 Å². The number of nitrogens with zero attached hydrogens (tertiary/aromatic N) is 1. The molecule has 1 amide bonds. The van der Waals surface area contributed by atoms with E-state index in [0.29, 0.717) is 16.1 Å². The summed E-state index contributed by atoms with van der Waals surface area (Å²) in [5.41, 5.74) is 2.55. The molecule has 0 saturated carbocycles. The van der Waals surface area contributed by atoms with Crippen LogP contribution in [0.5, 0.6) is 0 Å². The summed E-state index contributed by atoms with van der Waals surface area (Å²) >= 11 is 6.34. The maximum Gasteiger partial charge on any atom is 0.418 e. The number of fused-ring (bicyclic) bond motifs is 2. The lowest BCUT2D eigenvalue weighted by Crippen LogP contribution is -2.40. The van der Waals surface area contributed by atoms with Gasteiger partial charge < -0.3 is 15.0 Å². The molecule has 2 atom stereocenters. The normalized spacial score (nSPS) is 17.8. The maximum atomic E-state index is 13.1. The molecule has 0 spiro atoms. The molecule has 158 valence electrons. The molecule has 3 aromatic rings. The minimum atomic E-state index is -4.74. The highest BCUT2D eigenvalue weighted by atomic mass is 35.5. The number of hydrogen-bond acceptors (Lipinski definition) is 2. The topological polar surface area (TPSA) is 56.3 Å². The van der Waals surface area contributed by atoms with Gasteiger partial charge in [0.2, 0.25) is 5.91 Å². The number of carbonyl (C=O) groups is 1. The number of aliphatic hydroxyl groups is 1. The molecule has 1 unspecified atom stereocenters. The first-order valence-electron chi connectivity index (χ1n) is 9.59. The molecule has 4 nitrogen and oxygen atoms in total. The summed E-state index contributed by atoms with van der Waals surface area (Å²) in [5, 5.41) is 11.1. The fourth-order valence-electron chi connectivity index (χ4n) is 4.27. The Hall–Kier alpha value is -2.51. The molecule has 2 N–H and O–H groups in total. The molecule has 1 aliphatic rings. The second-order valence-electron chi connectivity index (χ2n) is 7.51. The largest absolute Gasteiger partial charge is 0.418 e. The molecule has 0 fully saturated rings. The lowest BCUT2D eigenvalue weighted by molar-refractivity contribution is -0.207. The maximum absolute atomic E-state index is 13.1. The summed E-state index contributed by atoms with van der Waals surface area (Å²) in [7, 11) is 0. The predicted octanol–water partition coefficient (Wildman–Crippen LogP) is 5.11. The van der Waals surface area contributed by atoms with E-state index in [0.717, 1.165) is 16.5 Å². The van der Waals surface area contributed by atoms with E-state index in [1.165, 1.54) is 12.1 Å². The molecule has 2 heterocycles. The fraction of sp³-hybridized carbons (Fsp3) is 0.318. The number of hydrogen-bond donors (Lipinski definition) is 2. The molecule has 2 aromatic carbocycles. The van der Waals surface area contributed by atoms with Crippen molar-refractivity contribution in [1.29, 1.82) is 0 Å². The van der Waals surface area contributed by atoms with Crippen molar-refractivity contribution in [1.82, 2.24) is 9.88 Å². The van der Waals surface area contributed by atoms with Crippen LogP contribution in [0.1, 0.15) is 41.3 Å². The lowest BCUT2D eigenvalue weighted by atomic mass is 9.87. The molecule has 1 aliphatic heterocycles. The third-order valence-electron chi connectivity index (χ3n) is 5.81. The van der Waals surface area contributed by atoms with Crippen molar-refractivity contribution in [2.45, 2.75) is 38.1 Å². The number of aromatic nitrogens is 1. The number of rotatable bonds is 3. The monoisotopic (exact) mass is 436 g/mol. The van der Waals surface area contributed by atoms with Crippen LogP contribution in [0.3, 0.4) is 0 Å². The van der Waals surface area contributed by atoms with Gasteiger partial charge in [-0.25, -0.2) is 0 Å². The number of aliphatic hydroxyl groups excluding tert-OH is 1. The summed E-state index contributed by atoms with van der Waals surface area (Å²) in [4.78, 5) is 17.9. The van der Waals surface area contributed by atoms with E-state index in [1.54, 1.807) is 30.2 Å². The SMILES string of the molecule is C[C@H]1c2cccc(C(O)C(F)(F)F)c2CCN1C(=O)Cc1c(Cl)ccc2[nH]ccc12. The van der Waals surface area contributed by atoms with Crippen molar-refractivity contribution in [3.8, 4) is 0 Å². The first-order valence-corrected chi connectivity index (χ1v) is 9.96. The molecule has 30 heavy (non-hydrogen) atoms. The van der Waals surface area contributed by atoms with Crippen LogP contribution in [0.4, 0.5) is 13.2 Å². The molecule has 1 aromatic heterocycles. The van der Waals surface area contributed by atoms with Crippen LogP contribution in [-0.4, -0.2) is 33.6 Å². The van der Waals surface area contributed by atoms with Crippen LogP contribution in [0.25, 0.3) is 10.9 Å². The van der Waals surface area contributed by atoms with Crippen LogP contribution in [0, 0.1) is 0 Å². The Balaban J connectivity index is 1.62. The highest BCUT2D eigenvalue weighted by Gasteiger charge is 2.42. The number of H-pyrrole nitrogens is 1. The van der Waals surface area contributed by atoms with E-state index >= 15 is 0 Å². The Kier molecular flexibility index (Phi) is 5.28. The number of benzene rings is 2. The van der Waals surface area contributed by atoms with Gasteiger partial charge >= 0.3 is 6.18 Å². The Bertz CT molecular complexity index is 1110. The molecule has 8 heteroatoms. The Morgan fingerprint density at radius 3 is 2.80 bits per heavy atom. The second kappa shape index (κ2) is 7.63. The van der Waals surface area contributed by atoms with Crippen molar-refractivity contribution in [2.24, 2.45) is 0 Å². The van der Waals surface area contributed by atoms with Gasteiger partial charge in [-0.1, -0.05) is 29.8 Å². The molecule has 0 radical (unpaired) electrons. The van der Waals surface area contributed by atoms with Gasteiger partial charge in [-0.05, 0) is 53.8 Å². The average Bonchev–Trinajstić information content (AvgIpc) is 3.18. The third kappa shape index (κ3) is 3.56. The van der Waals surface area contributed by atoms with Gasteiger partial charge in [-0.2, -0.15) is 13.2 Å². The van der Waals surface area contributed by atoms with Crippen LogP contribution >= 0.6 is 11.6 Å². The number of alkyl halides is 3. The van der Waals surface area contributed by atoms with Gasteiger partial charge in [-0.15, -0.1) is 0 Å². The number of aromatic amines is 1. The first kappa shape index (κ1) is 20.8. The standard InChI is InChI=1S/C22H20ClF3N2O2/c1-12-13-3-2-4-16(21(30)22(24,25)26)14(13)8-10-28(12)20(29)11-17-15-7-9-27-19(15)6-5-18(17)23/h2-7,9,12,21,27,30H,8,10-11H2,1H3/t12-,21?/m0/s1. The molecule has 4 rings (SSSR count). The van der Waals surface area contributed by atoms with Gasteiger partial charge in [0.15, 0.2) is 6.10 Å². The molecule has 0 bridgehead atoms. The van der Waals surface area contributed by atoms with Crippen molar-refractivity contribution >= 4 is 28.4 Å². The summed E-state index contributed by atoms with van der Waals surface area (Å²) < 4.78 is 39.2. The van der Waals surface area contributed by atoms with E-state index < -0.39 is 18.3 Å². The highest BCUT2D eigenvalue weighted by Crippen LogP contribution is 2.39. The zero-order valence-corrected chi connectivity index (χ0v) is 16.9. The van der Waals surface area contributed by atoms with Gasteiger partial charge in [0.1, 0.15) is 0 Å². The highest BCUT2D eigenvalue weighted by molar-refractivity contribution is 6.32. The summed E-state index contributed by atoms with van der Waals surface area (Å²) in [6, 6.07) is 9.54. The molecule has 0 aliphatic carbocycles. The van der Waals surface area contributed by atoms with Crippen molar-refractivity contribution < 1.29 is 23.1 Å². The quantitative estimate of drug-likeness (QED) is 0.599. The second-order valence-corrected chi connectivity index (χ2v) is 7.92. The van der Waals surface area contributed by atoms with Gasteiger partial charge in [0.05, 0.1) is 12.5 Å². The fourth-order valence-corrected chi connectivity index (χ4v) is 4.50. The van der Waals surface area contributed by atoms with E-state index in [-0.39, 0.29) is 30.9 Å². The van der Waals surface area contributed by atoms with Crippen LogP contribution in [0.15, 0.2) is 42.6 Å². The molecular formula is C22H20ClF3N2O2. The summed E-state index contributed by atoms with van der Waals surface area (Å²) in [6.07, 6.45) is -5.15. The van der Waals surface area contributed by atoms with E-state index in [2.05, 4.69) is 4.98 Å². The van der Waals surface area contributed by atoms with Gasteiger partial charge in [0, 0.05) is 28.7 Å². The Labute approximate surface area is 176 Å². The summed E-state index contributed by atoms with van der Waals surface area (Å²) in [6.45, 7) is 2.06. The van der Waals surface area contributed by atoms with Crippen molar-refractivity contribution in [2.75, 3.05) is 6.54 Å². The third-order valence-corrected chi connectivity index (χ3v) is 6.16. The van der Waals surface area contributed by atoms with Crippen LogP contribution in [-0.2, 0) is 17.6 Å².